The van der Waals surface area contributed by atoms with Crippen LogP contribution in [0.3, 0.4) is 0 Å². The normalized spacial score (nSPS) is 13.3. The number of nitrogens with zero attached hydrogens (tertiary/aromatic N) is 1. The Hall–Kier alpha value is -2.75. The minimum atomic E-state index is 0.0376. The molecule has 220 valence electrons. The van der Waals surface area contributed by atoms with E-state index < -0.39 is 0 Å². The second-order valence-corrected chi connectivity index (χ2v) is 14.1. The smallest absolute Gasteiger partial charge is 0.0716 e. The van der Waals surface area contributed by atoms with Crippen LogP contribution in [0.1, 0.15) is 89.2 Å². The molecule has 4 aromatic carbocycles. The van der Waals surface area contributed by atoms with Crippen molar-refractivity contribution < 1.29 is 0 Å². The van der Waals surface area contributed by atoms with E-state index in [2.05, 4.69) is 137 Å². The Morgan fingerprint density at radius 3 is 1.88 bits per heavy atom. The van der Waals surface area contributed by atoms with Gasteiger partial charge >= 0.3 is 0 Å². The van der Waals surface area contributed by atoms with Gasteiger partial charge in [0.15, 0.2) is 0 Å². The summed E-state index contributed by atoms with van der Waals surface area (Å²) in [6.07, 6.45) is 12.7. The molecule has 0 saturated carbocycles. The number of benzene rings is 4. The molecule has 1 aliphatic carbocycles. The van der Waals surface area contributed by atoms with Crippen molar-refractivity contribution >= 4 is 42.8 Å². The molecule has 0 aliphatic heterocycles. The maximum Gasteiger partial charge on any atom is 0.0716 e. The maximum atomic E-state index is 5.25. The molecule has 1 aliphatic rings. The molecule has 0 spiro atoms. The Bertz CT molecular complexity index is 1710. The molecule has 0 unspecified atom stereocenters. The summed E-state index contributed by atoms with van der Waals surface area (Å²) >= 11 is 7.54. The van der Waals surface area contributed by atoms with Gasteiger partial charge in [0, 0.05) is 25.3 Å². The zero-order chi connectivity index (χ0) is 29.8. The fraction of sp³-hybridized carbons (Fsp3) is 0.325. The predicted octanol–water partition coefficient (Wildman–Crippen LogP) is 13.3. The molecule has 1 aromatic heterocycles. The van der Waals surface area contributed by atoms with E-state index in [-0.39, 0.29) is 5.41 Å². The quantitative estimate of drug-likeness (QED) is 0.118. The average molecular weight is 696 g/mol. The van der Waals surface area contributed by atoms with E-state index in [4.69, 9.17) is 4.98 Å². The van der Waals surface area contributed by atoms with Crippen molar-refractivity contribution in [2.45, 2.75) is 83.5 Å². The molecule has 43 heavy (non-hydrogen) atoms. The first-order valence-corrected chi connectivity index (χ1v) is 17.7. The first-order chi connectivity index (χ1) is 21.0. The summed E-state index contributed by atoms with van der Waals surface area (Å²) in [6.45, 7) is 4.62. The van der Waals surface area contributed by atoms with Gasteiger partial charge in [-0.05, 0) is 88.7 Å². The Morgan fingerprint density at radius 2 is 1.19 bits per heavy atom. The molecule has 0 N–H and O–H groups in total. The summed E-state index contributed by atoms with van der Waals surface area (Å²) in [5.74, 6) is 0. The van der Waals surface area contributed by atoms with Crippen molar-refractivity contribution in [1.29, 1.82) is 0 Å². The van der Waals surface area contributed by atoms with Gasteiger partial charge in [-0.1, -0.05) is 146 Å². The lowest BCUT2D eigenvalue weighted by atomic mass is 9.70. The molecule has 3 heteroatoms. The third-order valence-corrected chi connectivity index (χ3v) is 10.4. The summed E-state index contributed by atoms with van der Waals surface area (Å²) in [6, 6.07) is 33.6. The van der Waals surface area contributed by atoms with Crippen LogP contribution >= 0.6 is 31.9 Å². The van der Waals surface area contributed by atoms with Crippen LogP contribution in [-0.4, -0.2) is 4.98 Å². The number of aromatic nitrogens is 1. The van der Waals surface area contributed by atoms with E-state index in [1.165, 1.54) is 113 Å². The lowest BCUT2D eigenvalue weighted by molar-refractivity contribution is 0.401. The van der Waals surface area contributed by atoms with Gasteiger partial charge in [0.25, 0.3) is 0 Å². The number of hydrogen-bond acceptors (Lipinski definition) is 1. The summed E-state index contributed by atoms with van der Waals surface area (Å²) in [5.41, 5.74) is 11.6. The van der Waals surface area contributed by atoms with Crippen LogP contribution in [-0.2, 0) is 5.41 Å². The first-order valence-electron chi connectivity index (χ1n) is 16.1. The van der Waals surface area contributed by atoms with E-state index in [9.17, 15) is 0 Å². The molecule has 0 fully saturated rings. The van der Waals surface area contributed by atoms with E-state index >= 15 is 0 Å². The Kier molecular flexibility index (Phi) is 9.50. The molecular weight excluding hydrogens is 654 g/mol. The Morgan fingerprint density at radius 1 is 0.558 bits per heavy atom. The van der Waals surface area contributed by atoms with Gasteiger partial charge in [0.05, 0.1) is 11.2 Å². The molecule has 0 saturated heterocycles. The minimum Gasteiger partial charge on any atom is -0.248 e. The highest BCUT2D eigenvalue weighted by molar-refractivity contribution is 9.10. The van der Waals surface area contributed by atoms with Gasteiger partial charge in [-0.25, -0.2) is 4.98 Å². The number of rotatable bonds is 12. The van der Waals surface area contributed by atoms with Crippen molar-refractivity contribution in [3.05, 3.63) is 111 Å². The molecule has 6 rings (SSSR count). The van der Waals surface area contributed by atoms with Crippen LogP contribution in [0.15, 0.2) is 99.9 Å². The van der Waals surface area contributed by atoms with Crippen molar-refractivity contribution in [1.82, 2.24) is 4.98 Å². The van der Waals surface area contributed by atoms with Crippen LogP contribution in [0.4, 0.5) is 0 Å². The second kappa shape index (κ2) is 13.5. The monoisotopic (exact) mass is 693 g/mol. The average Bonchev–Trinajstić information content (AvgIpc) is 3.29. The van der Waals surface area contributed by atoms with Crippen molar-refractivity contribution in [3.8, 4) is 33.5 Å². The van der Waals surface area contributed by atoms with Gasteiger partial charge in [0.1, 0.15) is 0 Å². The number of pyridine rings is 1. The van der Waals surface area contributed by atoms with Crippen molar-refractivity contribution in [2.24, 2.45) is 0 Å². The van der Waals surface area contributed by atoms with Gasteiger partial charge in [0.2, 0.25) is 0 Å². The zero-order valence-electron chi connectivity index (χ0n) is 25.4. The molecule has 1 nitrogen and oxygen atoms in total. The standard InChI is InChI=1S/C40H41Br2N/c1-3-5-7-12-22-40(23-13-8-6-4-2)36-24-29(16-19-32(36)33-20-17-31(42)26-37(33)40)39-27-34(28-14-10-9-11-15-28)35-25-30(41)18-21-38(35)43-39/h9-11,14-21,24-27H,3-8,12-13,22-23H2,1-2H3. The van der Waals surface area contributed by atoms with Gasteiger partial charge < -0.3 is 0 Å². The Labute approximate surface area is 274 Å². The van der Waals surface area contributed by atoms with Gasteiger partial charge in [-0.2, -0.15) is 0 Å². The van der Waals surface area contributed by atoms with E-state index in [0.29, 0.717) is 0 Å². The van der Waals surface area contributed by atoms with Gasteiger partial charge in [-0.3, -0.25) is 0 Å². The zero-order valence-corrected chi connectivity index (χ0v) is 28.6. The summed E-state index contributed by atoms with van der Waals surface area (Å²) < 4.78 is 2.25. The largest absolute Gasteiger partial charge is 0.248 e. The molecular formula is C40H41Br2N. The predicted molar refractivity (Wildman–Crippen MR) is 192 cm³/mol. The highest BCUT2D eigenvalue weighted by atomic mass is 79.9. The molecule has 1 heterocycles. The summed E-state index contributed by atoms with van der Waals surface area (Å²) in [5, 5.41) is 1.17. The van der Waals surface area contributed by atoms with Crippen molar-refractivity contribution in [2.75, 3.05) is 0 Å². The van der Waals surface area contributed by atoms with E-state index in [1.807, 2.05) is 0 Å². The lowest BCUT2D eigenvalue weighted by Crippen LogP contribution is -2.25. The molecule has 5 aromatic rings. The van der Waals surface area contributed by atoms with Crippen LogP contribution in [0.5, 0.6) is 0 Å². The second-order valence-electron chi connectivity index (χ2n) is 12.2. The van der Waals surface area contributed by atoms with E-state index in [0.717, 1.165) is 15.7 Å². The van der Waals surface area contributed by atoms with Crippen LogP contribution in [0.2, 0.25) is 0 Å². The molecule has 0 atom stereocenters. The van der Waals surface area contributed by atoms with Crippen molar-refractivity contribution in [3.63, 3.8) is 0 Å². The summed E-state index contributed by atoms with van der Waals surface area (Å²) in [4.78, 5) is 5.25. The third-order valence-electron chi connectivity index (χ3n) is 9.39. The fourth-order valence-corrected chi connectivity index (χ4v) is 7.92. The highest BCUT2D eigenvalue weighted by Crippen LogP contribution is 2.55. The van der Waals surface area contributed by atoms with Crippen LogP contribution in [0, 0.1) is 0 Å². The topological polar surface area (TPSA) is 12.9 Å². The number of hydrogen-bond donors (Lipinski definition) is 0. The van der Waals surface area contributed by atoms with Gasteiger partial charge in [-0.15, -0.1) is 0 Å². The number of fused-ring (bicyclic) bond motifs is 4. The fourth-order valence-electron chi connectivity index (χ4n) is 7.20. The highest BCUT2D eigenvalue weighted by Gasteiger charge is 2.42. The number of unbranched alkanes of at least 4 members (excludes halogenated alkanes) is 6. The minimum absolute atomic E-state index is 0.0376. The van der Waals surface area contributed by atoms with Crippen LogP contribution in [0.25, 0.3) is 44.4 Å². The molecule has 0 amide bonds. The maximum absolute atomic E-state index is 5.25. The van der Waals surface area contributed by atoms with Crippen LogP contribution < -0.4 is 0 Å². The lowest BCUT2D eigenvalue weighted by Gasteiger charge is -2.33. The number of halogens is 2. The molecule has 0 bridgehead atoms. The molecule has 0 radical (unpaired) electrons. The first kappa shape index (κ1) is 30.3. The Balaban J connectivity index is 1.51. The SMILES string of the molecule is CCCCCCC1(CCCCCC)c2cc(Br)ccc2-c2ccc(-c3cc(-c4ccccc4)c4cc(Br)ccc4n3)cc21. The van der Waals surface area contributed by atoms with E-state index in [1.54, 1.807) is 0 Å². The summed E-state index contributed by atoms with van der Waals surface area (Å²) in [7, 11) is 0. The third kappa shape index (κ3) is 6.13.